The average Bonchev–Trinajstić information content (AvgIpc) is 4.07. The van der Waals surface area contributed by atoms with Gasteiger partial charge in [-0.25, -0.2) is 9.69 Å². The molecule has 3 heterocycles. The maximum Gasteiger partial charge on any atom is 0.188 e. The van der Waals surface area contributed by atoms with E-state index in [1.165, 1.54) is 21.8 Å². The van der Waals surface area contributed by atoms with E-state index in [2.05, 4.69) is 175 Å². The van der Waals surface area contributed by atoms with Crippen LogP contribution in [-0.4, -0.2) is 13.7 Å². The molecule has 0 atom stereocenters. The SMILES string of the molecule is [C-]#[N+]c1ccc2c(c1)c1cc([N+]#[C-])ccc1n2-c1ccc(-c2cc(-c3ccc(-n4c5ccccc5c5ccccc54)cc3)cc(-c3ccc(-n4c5ccc(C#N)cc5c5cc(C#N)ccc54)cc3)c2)cc1. The summed E-state index contributed by atoms with van der Waals surface area (Å²) in [5, 5.41) is 25.7. The molecule has 0 radical (unpaired) electrons. The van der Waals surface area contributed by atoms with Crippen LogP contribution in [-0.2, 0) is 0 Å². The molecule has 0 saturated heterocycles. The second-order valence-corrected chi connectivity index (χ2v) is 17.8. The first kappa shape index (κ1) is 40.8. The minimum absolute atomic E-state index is 0.559. The van der Waals surface area contributed by atoms with Crippen molar-refractivity contribution in [3.05, 3.63) is 246 Å². The van der Waals surface area contributed by atoms with Crippen molar-refractivity contribution in [1.82, 2.24) is 13.7 Å². The van der Waals surface area contributed by atoms with Crippen molar-refractivity contribution in [3.8, 4) is 62.6 Å². The van der Waals surface area contributed by atoms with Crippen molar-refractivity contribution >= 4 is 76.8 Å². The molecule has 0 spiro atoms. The summed E-state index contributed by atoms with van der Waals surface area (Å²) in [6.45, 7) is 15.4. The van der Waals surface area contributed by atoms with E-state index in [-0.39, 0.29) is 0 Å². The maximum absolute atomic E-state index is 9.76. The van der Waals surface area contributed by atoms with Gasteiger partial charge >= 0.3 is 0 Å². The number of para-hydroxylation sites is 2. The van der Waals surface area contributed by atoms with Gasteiger partial charge in [0.1, 0.15) is 0 Å². The largest absolute Gasteiger partial charge is 0.309 e. The van der Waals surface area contributed by atoms with Gasteiger partial charge in [0.25, 0.3) is 0 Å². The van der Waals surface area contributed by atoms with Crippen molar-refractivity contribution in [3.63, 3.8) is 0 Å². The molecule has 7 heteroatoms. The molecule has 0 aliphatic rings. The molecule has 0 amide bonds. The predicted octanol–water partition coefficient (Wildman–Crippen LogP) is 16.8. The Balaban J connectivity index is 0.936. The Bertz CT molecular complexity index is 4130. The summed E-state index contributed by atoms with van der Waals surface area (Å²) in [7, 11) is 0. The molecule has 0 aliphatic heterocycles. The molecule has 0 bridgehead atoms. The monoisotopic (exact) mass is 901 g/mol. The Morgan fingerprint density at radius 3 is 0.944 bits per heavy atom. The fraction of sp³-hybridized carbons (Fsp3) is 0. The molecule has 0 fully saturated rings. The first-order valence-corrected chi connectivity index (χ1v) is 23.2. The zero-order chi connectivity index (χ0) is 47.7. The van der Waals surface area contributed by atoms with Crippen LogP contribution in [0.1, 0.15) is 11.1 Å². The maximum atomic E-state index is 9.76. The van der Waals surface area contributed by atoms with Crippen LogP contribution >= 0.6 is 0 Å². The standard InChI is InChI=1S/C64H35N7/c1-67-48-19-29-63-57(36-48)58-37-49(68-2)20-30-64(58)71(63)52-25-17-44(18-26-52)47-34-45(42-13-21-50(22-14-42)69-59-9-5-3-7-53(59)54-8-4-6-10-60(54)69)33-46(35-47)43-15-23-51(24-16-43)70-61-27-11-40(38-65)31-55(61)56-32-41(39-66)12-28-62(56)70/h3-37H. The molecule has 13 rings (SSSR count). The normalized spacial score (nSPS) is 11.3. The third-order valence-electron chi connectivity index (χ3n) is 13.9. The van der Waals surface area contributed by atoms with E-state index >= 15 is 0 Å². The van der Waals surface area contributed by atoms with Crippen LogP contribution in [0.4, 0.5) is 11.4 Å². The zero-order valence-corrected chi connectivity index (χ0v) is 37.8. The number of hydrogen-bond acceptors (Lipinski definition) is 2. The number of rotatable bonds is 6. The minimum atomic E-state index is 0.559. The van der Waals surface area contributed by atoms with Crippen molar-refractivity contribution in [2.45, 2.75) is 0 Å². The molecule has 10 aromatic carbocycles. The van der Waals surface area contributed by atoms with Gasteiger partial charge in [-0.3, -0.25) is 0 Å². The fourth-order valence-electron chi connectivity index (χ4n) is 10.6. The highest BCUT2D eigenvalue weighted by molar-refractivity contribution is 6.12. The van der Waals surface area contributed by atoms with E-state index in [1.54, 1.807) is 0 Å². The van der Waals surface area contributed by atoms with Crippen molar-refractivity contribution < 1.29 is 0 Å². The van der Waals surface area contributed by atoms with Gasteiger partial charge in [-0.05, 0) is 172 Å². The first-order chi connectivity index (χ1) is 35.0. The van der Waals surface area contributed by atoms with Crippen molar-refractivity contribution in [1.29, 1.82) is 10.5 Å². The van der Waals surface area contributed by atoms with Crippen LogP contribution in [0.15, 0.2) is 212 Å². The average molecular weight is 902 g/mol. The summed E-state index contributed by atoms with van der Waals surface area (Å²) in [5.74, 6) is 0. The number of fused-ring (bicyclic) bond motifs is 9. The molecule has 0 aliphatic carbocycles. The van der Waals surface area contributed by atoms with Crippen molar-refractivity contribution in [2.75, 3.05) is 0 Å². The number of benzene rings is 10. The lowest BCUT2D eigenvalue weighted by Crippen LogP contribution is -1.95. The molecule has 0 N–H and O–H groups in total. The lowest BCUT2D eigenvalue weighted by atomic mass is 9.93. The predicted molar refractivity (Wildman–Crippen MR) is 288 cm³/mol. The third-order valence-corrected chi connectivity index (χ3v) is 13.9. The van der Waals surface area contributed by atoms with Gasteiger partial charge < -0.3 is 13.7 Å². The second kappa shape index (κ2) is 16.1. The Morgan fingerprint density at radius 1 is 0.296 bits per heavy atom. The molecule has 326 valence electrons. The highest BCUT2D eigenvalue weighted by Gasteiger charge is 2.18. The summed E-state index contributed by atoms with van der Waals surface area (Å²) in [4.78, 5) is 7.40. The summed E-state index contributed by atoms with van der Waals surface area (Å²) < 4.78 is 6.75. The second-order valence-electron chi connectivity index (χ2n) is 17.8. The van der Waals surface area contributed by atoms with E-state index < -0.39 is 0 Å². The van der Waals surface area contributed by atoms with Crippen LogP contribution in [0.2, 0.25) is 0 Å². The number of nitriles is 2. The molecule has 0 unspecified atom stereocenters. The van der Waals surface area contributed by atoms with Gasteiger partial charge in [0, 0.05) is 38.6 Å². The van der Waals surface area contributed by atoms with Gasteiger partial charge in [-0.1, -0.05) is 84.9 Å². The highest BCUT2D eigenvalue weighted by atomic mass is 15.0. The van der Waals surface area contributed by atoms with Crippen LogP contribution < -0.4 is 0 Å². The van der Waals surface area contributed by atoms with Gasteiger partial charge in [-0.15, -0.1) is 0 Å². The Kier molecular flexibility index (Phi) is 9.26. The summed E-state index contributed by atoms with van der Waals surface area (Å²) in [6.07, 6.45) is 0. The Hall–Kier alpha value is -10.4. The smallest absolute Gasteiger partial charge is 0.188 e. The lowest BCUT2D eigenvalue weighted by molar-refractivity contribution is 1.18. The lowest BCUT2D eigenvalue weighted by Gasteiger charge is -2.14. The van der Waals surface area contributed by atoms with Crippen LogP contribution in [0.3, 0.4) is 0 Å². The molecule has 0 saturated carbocycles. The molecular weight excluding hydrogens is 867 g/mol. The number of nitrogens with zero attached hydrogens (tertiary/aromatic N) is 7. The van der Waals surface area contributed by atoms with E-state index in [1.807, 2.05) is 72.8 Å². The first-order valence-electron chi connectivity index (χ1n) is 23.2. The number of hydrogen-bond donors (Lipinski definition) is 0. The van der Waals surface area contributed by atoms with Gasteiger partial charge in [0.2, 0.25) is 0 Å². The van der Waals surface area contributed by atoms with Crippen LogP contribution in [0.25, 0.3) is 126 Å². The van der Waals surface area contributed by atoms with Gasteiger partial charge in [0.05, 0.1) is 69.5 Å². The minimum Gasteiger partial charge on any atom is -0.309 e. The summed E-state index contributed by atoms with van der Waals surface area (Å²) >= 11 is 0. The van der Waals surface area contributed by atoms with Crippen LogP contribution in [0.5, 0.6) is 0 Å². The third kappa shape index (κ3) is 6.55. The molecule has 13 aromatic rings. The number of aromatic nitrogens is 3. The molecule has 7 nitrogen and oxygen atoms in total. The van der Waals surface area contributed by atoms with E-state index in [4.69, 9.17) is 13.1 Å². The Labute approximate surface area is 408 Å². The Morgan fingerprint density at radius 2 is 0.606 bits per heavy atom. The molecule has 71 heavy (non-hydrogen) atoms. The highest BCUT2D eigenvalue weighted by Crippen LogP contribution is 2.40. The molecular formula is C64H35N7. The van der Waals surface area contributed by atoms with Crippen molar-refractivity contribution in [2.24, 2.45) is 0 Å². The van der Waals surface area contributed by atoms with E-state index in [0.717, 1.165) is 94.1 Å². The van der Waals surface area contributed by atoms with Gasteiger partial charge in [0.15, 0.2) is 11.4 Å². The fourth-order valence-corrected chi connectivity index (χ4v) is 10.6. The summed E-state index contributed by atoms with van der Waals surface area (Å²) in [5.41, 5.74) is 17.9. The topological polar surface area (TPSA) is 71.1 Å². The van der Waals surface area contributed by atoms with Crippen LogP contribution in [0, 0.1) is 35.8 Å². The van der Waals surface area contributed by atoms with E-state index in [9.17, 15) is 10.5 Å². The van der Waals surface area contributed by atoms with E-state index in [0.29, 0.717) is 22.5 Å². The molecule has 3 aromatic heterocycles. The summed E-state index contributed by atoms with van der Waals surface area (Å²) in [6, 6.07) is 77.6. The zero-order valence-electron chi connectivity index (χ0n) is 37.8. The van der Waals surface area contributed by atoms with Gasteiger partial charge in [-0.2, -0.15) is 10.5 Å². The quantitative estimate of drug-likeness (QED) is 0.156.